The molecular formula is C15H12N2O3S2. The molecule has 0 unspecified atom stereocenters. The lowest BCUT2D eigenvalue weighted by Gasteiger charge is -2.02. The van der Waals surface area contributed by atoms with Crippen molar-refractivity contribution in [3.05, 3.63) is 49.2 Å². The zero-order valence-electron chi connectivity index (χ0n) is 11.7. The number of hydrogen-bond acceptors (Lipinski definition) is 6. The van der Waals surface area contributed by atoms with Gasteiger partial charge in [0.1, 0.15) is 10.3 Å². The van der Waals surface area contributed by atoms with Crippen LogP contribution in [0.2, 0.25) is 0 Å². The number of rotatable bonds is 4. The van der Waals surface area contributed by atoms with Crippen molar-refractivity contribution in [3.8, 4) is 16.5 Å². The molecule has 0 amide bonds. The van der Waals surface area contributed by atoms with E-state index in [1.54, 1.807) is 24.3 Å². The maximum absolute atomic E-state index is 11.5. The van der Waals surface area contributed by atoms with Gasteiger partial charge in [0.05, 0.1) is 16.9 Å². The van der Waals surface area contributed by atoms with E-state index in [0.717, 1.165) is 21.6 Å². The number of aromatic nitrogens is 2. The van der Waals surface area contributed by atoms with Crippen LogP contribution in [0.4, 0.5) is 0 Å². The number of sulfone groups is 1. The first-order valence-corrected chi connectivity index (χ1v) is 9.04. The molecule has 0 atom stereocenters. The Morgan fingerprint density at radius 2 is 1.86 bits per heavy atom. The molecule has 1 aromatic carbocycles. The van der Waals surface area contributed by atoms with E-state index in [2.05, 4.69) is 16.5 Å². The molecule has 3 rings (SSSR count). The van der Waals surface area contributed by atoms with Crippen LogP contribution < -0.4 is 4.74 Å². The molecule has 2 aromatic heterocycles. The van der Waals surface area contributed by atoms with Crippen molar-refractivity contribution in [2.75, 3.05) is 6.26 Å². The third kappa shape index (κ3) is 2.86. The second-order valence-electron chi connectivity index (χ2n) is 4.58. The summed E-state index contributed by atoms with van der Waals surface area (Å²) in [6.45, 7) is 3.49. The number of thiazole rings is 1. The Labute approximate surface area is 131 Å². The number of ether oxygens (including phenoxy) is 1. The minimum absolute atomic E-state index is 0.289. The monoisotopic (exact) mass is 332 g/mol. The summed E-state index contributed by atoms with van der Waals surface area (Å²) < 4.78 is 28.1. The van der Waals surface area contributed by atoms with Crippen LogP contribution in [0.1, 0.15) is 0 Å². The van der Waals surface area contributed by atoms with E-state index in [1.165, 1.54) is 23.9 Å². The highest BCUT2D eigenvalue weighted by Crippen LogP contribution is 2.29. The van der Waals surface area contributed by atoms with E-state index in [-0.39, 0.29) is 4.90 Å². The van der Waals surface area contributed by atoms with Gasteiger partial charge in [0.2, 0.25) is 0 Å². The van der Waals surface area contributed by atoms with Gasteiger partial charge in [-0.05, 0) is 24.3 Å². The Hall–Kier alpha value is -2.25. The van der Waals surface area contributed by atoms with Crippen LogP contribution >= 0.6 is 11.3 Å². The molecule has 0 N–H and O–H groups in total. The number of benzene rings is 1. The van der Waals surface area contributed by atoms with Crippen LogP contribution in [-0.4, -0.2) is 24.6 Å². The summed E-state index contributed by atoms with van der Waals surface area (Å²) in [5.41, 5.74) is 2.34. The van der Waals surface area contributed by atoms with E-state index < -0.39 is 9.84 Å². The Morgan fingerprint density at radius 1 is 1.14 bits per heavy atom. The second kappa shape index (κ2) is 5.51. The fraction of sp³-hybridized carbons (Fsp3) is 0.0667. The van der Waals surface area contributed by atoms with Crippen LogP contribution in [0.15, 0.2) is 54.1 Å². The highest BCUT2D eigenvalue weighted by atomic mass is 32.2. The molecule has 7 heteroatoms. The molecule has 0 aliphatic rings. The molecule has 2 heterocycles. The lowest BCUT2D eigenvalue weighted by atomic mass is 10.1. The summed E-state index contributed by atoms with van der Waals surface area (Å²) in [6, 6.07) is 10.3. The van der Waals surface area contributed by atoms with Gasteiger partial charge >= 0.3 is 0 Å². The predicted octanol–water partition coefficient (Wildman–Crippen LogP) is 3.28. The van der Waals surface area contributed by atoms with Gasteiger partial charge in [0, 0.05) is 11.8 Å². The van der Waals surface area contributed by atoms with E-state index >= 15 is 0 Å². The summed E-state index contributed by atoms with van der Waals surface area (Å²) in [5.74, 6) is 0. The highest BCUT2D eigenvalue weighted by Gasteiger charge is 2.10. The lowest BCUT2D eigenvalue weighted by Crippen LogP contribution is -1.96. The van der Waals surface area contributed by atoms with Crippen LogP contribution in [0.3, 0.4) is 0 Å². The topological polar surface area (TPSA) is 69.2 Å². The molecule has 0 saturated carbocycles. The molecule has 0 spiro atoms. The van der Waals surface area contributed by atoms with Crippen LogP contribution in [0, 0.1) is 0 Å². The standard InChI is InChI=1S/C15H12N2O3S2/c1-3-20-15-17-13-9-8-12(16-14(13)21-15)10-4-6-11(7-5-10)22(2,18)19/h3-9H,1H2,2H3. The van der Waals surface area contributed by atoms with E-state index in [0.29, 0.717) is 5.19 Å². The number of fused-ring (bicyclic) bond motifs is 1. The molecule has 0 aliphatic heterocycles. The minimum atomic E-state index is -3.19. The van der Waals surface area contributed by atoms with E-state index in [4.69, 9.17) is 4.74 Å². The largest absolute Gasteiger partial charge is 0.439 e. The molecule has 5 nitrogen and oxygen atoms in total. The van der Waals surface area contributed by atoms with Gasteiger partial charge in [-0.1, -0.05) is 30.0 Å². The van der Waals surface area contributed by atoms with Crippen molar-refractivity contribution in [1.82, 2.24) is 9.97 Å². The summed E-state index contributed by atoms with van der Waals surface area (Å²) in [5, 5.41) is 0.488. The van der Waals surface area contributed by atoms with E-state index in [9.17, 15) is 8.42 Å². The Balaban J connectivity index is 2.00. The number of hydrogen-bond donors (Lipinski definition) is 0. The molecular weight excluding hydrogens is 320 g/mol. The van der Waals surface area contributed by atoms with Gasteiger partial charge in [-0.15, -0.1) is 0 Å². The quantitative estimate of drug-likeness (QED) is 0.686. The maximum atomic E-state index is 11.5. The van der Waals surface area contributed by atoms with Crippen molar-refractivity contribution in [1.29, 1.82) is 0 Å². The average Bonchev–Trinajstić information content (AvgIpc) is 2.88. The Kier molecular flexibility index (Phi) is 3.67. The first-order valence-electron chi connectivity index (χ1n) is 6.33. The van der Waals surface area contributed by atoms with Crippen molar-refractivity contribution in [3.63, 3.8) is 0 Å². The van der Waals surface area contributed by atoms with Crippen molar-refractivity contribution in [2.45, 2.75) is 4.90 Å². The normalized spacial score (nSPS) is 11.5. The van der Waals surface area contributed by atoms with Crippen LogP contribution in [0.25, 0.3) is 21.6 Å². The third-order valence-corrected chi connectivity index (χ3v) is 4.98. The molecule has 0 fully saturated rings. The zero-order chi connectivity index (χ0) is 15.7. The Bertz CT molecular complexity index is 945. The zero-order valence-corrected chi connectivity index (χ0v) is 13.3. The van der Waals surface area contributed by atoms with Gasteiger partial charge in [0.15, 0.2) is 9.84 Å². The fourth-order valence-corrected chi connectivity index (χ4v) is 3.37. The molecule has 3 aromatic rings. The van der Waals surface area contributed by atoms with Crippen LogP contribution in [-0.2, 0) is 9.84 Å². The van der Waals surface area contributed by atoms with Gasteiger partial charge in [-0.3, -0.25) is 0 Å². The summed E-state index contributed by atoms with van der Waals surface area (Å²) in [6.07, 6.45) is 2.51. The first kappa shape index (κ1) is 14.7. The smallest absolute Gasteiger partial charge is 0.280 e. The van der Waals surface area contributed by atoms with Crippen molar-refractivity contribution < 1.29 is 13.2 Å². The van der Waals surface area contributed by atoms with Gasteiger partial charge < -0.3 is 4.74 Å². The van der Waals surface area contributed by atoms with E-state index in [1.807, 2.05) is 12.1 Å². The summed E-state index contributed by atoms with van der Waals surface area (Å²) >= 11 is 1.33. The average molecular weight is 332 g/mol. The SMILES string of the molecule is C=COc1nc2ccc(-c3ccc(S(C)(=O)=O)cc3)nc2s1. The molecule has 112 valence electrons. The lowest BCUT2D eigenvalue weighted by molar-refractivity contribution is 0.481. The predicted molar refractivity (Wildman–Crippen MR) is 86.8 cm³/mol. The van der Waals surface area contributed by atoms with Crippen molar-refractivity contribution in [2.24, 2.45) is 0 Å². The van der Waals surface area contributed by atoms with Gasteiger partial charge in [0.25, 0.3) is 5.19 Å². The highest BCUT2D eigenvalue weighted by molar-refractivity contribution is 7.90. The van der Waals surface area contributed by atoms with Crippen LogP contribution in [0.5, 0.6) is 5.19 Å². The molecule has 0 bridgehead atoms. The fourth-order valence-electron chi connectivity index (χ4n) is 1.95. The molecule has 0 saturated heterocycles. The number of pyridine rings is 1. The minimum Gasteiger partial charge on any atom is -0.439 e. The summed E-state index contributed by atoms with van der Waals surface area (Å²) in [4.78, 5) is 9.84. The number of nitrogens with zero attached hydrogens (tertiary/aromatic N) is 2. The maximum Gasteiger partial charge on any atom is 0.280 e. The van der Waals surface area contributed by atoms with Gasteiger partial charge in [-0.25, -0.2) is 18.4 Å². The third-order valence-electron chi connectivity index (χ3n) is 3.00. The molecule has 22 heavy (non-hydrogen) atoms. The Morgan fingerprint density at radius 3 is 2.50 bits per heavy atom. The first-order chi connectivity index (χ1) is 10.5. The molecule has 0 radical (unpaired) electrons. The summed E-state index contributed by atoms with van der Waals surface area (Å²) in [7, 11) is -3.19. The van der Waals surface area contributed by atoms with Gasteiger partial charge in [-0.2, -0.15) is 0 Å². The van der Waals surface area contributed by atoms with Crippen molar-refractivity contribution >= 4 is 31.5 Å². The second-order valence-corrected chi connectivity index (χ2v) is 7.54. The molecule has 0 aliphatic carbocycles.